The van der Waals surface area contributed by atoms with Crippen LogP contribution in [0.15, 0.2) is 77.3 Å². The molecule has 0 aromatic heterocycles. The Balaban J connectivity index is 1.10. The molecule has 3 amide bonds. The monoisotopic (exact) mass is 586 g/mol. The van der Waals surface area contributed by atoms with Crippen LogP contribution in [-0.2, 0) is 19.1 Å². The second kappa shape index (κ2) is 10.1. The molecule has 1 saturated heterocycles. The molecule has 1 aliphatic heterocycles. The minimum atomic E-state index is -0.663. The Kier molecular flexibility index (Phi) is 6.59. The second-order valence-corrected chi connectivity index (χ2v) is 11.5. The predicted octanol–water partition coefficient (Wildman–Crippen LogP) is 5.48. The minimum Gasteiger partial charge on any atom is -0.452 e. The Morgan fingerprint density at radius 3 is 2.38 bits per heavy atom. The van der Waals surface area contributed by atoms with Crippen molar-refractivity contribution in [2.45, 2.75) is 25.7 Å². The first-order chi connectivity index (χ1) is 18.8. The molecule has 3 aromatic rings. The van der Waals surface area contributed by atoms with Crippen molar-refractivity contribution in [3.63, 3.8) is 0 Å². The molecule has 198 valence electrons. The highest BCUT2D eigenvalue weighted by molar-refractivity contribution is 9.10. The molecule has 3 aromatic carbocycles. The first-order valence-corrected chi connectivity index (χ1v) is 13.9. The van der Waals surface area contributed by atoms with Crippen molar-refractivity contribution in [3.05, 3.63) is 94.0 Å². The Labute approximate surface area is 234 Å². The van der Waals surface area contributed by atoms with Crippen molar-refractivity contribution < 1.29 is 23.9 Å². The van der Waals surface area contributed by atoms with E-state index >= 15 is 0 Å². The van der Waals surface area contributed by atoms with Gasteiger partial charge < -0.3 is 10.1 Å². The number of carbonyl (C=O) groups is 4. The topological polar surface area (TPSA) is 92.8 Å². The van der Waals surface area contributed by atoms with Crippen molar-refractivity contribution in [3.8, 4) is 0 Å². The molecule has 1 heterocycles. The summed E-state index contributed by atoms with van der Waals surface area (Å²) in [6, 6.07) is 21.9. The summed E-state index contributed by atoms with van der Waals surface area (Å²) < 4.78 is 6.08. The first kappa shape index (κ1) is 25.5. The number of hydrogen-bond donors (Lipinski definition) is 1. The number of carbonyl (C=O) groups excluding carboxylic acids is 4. The van der Waals surface area contributed by atoms with Crippen LogP contribution in [0.4, 0.5) is 11.4 Å². The number of fused-ring (bicyclic) bond motifs is 5. The molecule has 2 aliphatic carbocycles. The average molecular weight is 587 g/mol. The zero-order valence-electron chi connectivity index (χ0n) is 21.3. The van der Waals surface area contributed by atoms with Gasteiger partial charge in [-0.2, -0.15) is 0 Å². The Bertz CT molecular complexity index is 1470. The van der Waals surface area contributed by atoms with Crippen LogP contribution >= 0.6 is 15.9 Å². The zero-order valence-corrected chi connectivity index (χ0v) is 22.9. The highest BCUT2D eigenvalue weighted by Gasteiger charge is 2.64. The molecule has 7 nitrogen and oxygen atoms in total. The quantitative estimate of drug-likeness (QED) is 0.305. The summed E-state index contributed by atoms with van der Waals surface area (Å²) in [6.07, 6.45) is 1.85. The molecule has 3 fully saturated rings. The molecule has 3 aliphatic rings. The molecule has 5 atom stereocenters. The Morgan fingerprint density at radius 2 is 1.67 bits per heavy atom. The van der Waals surface area contributed by atoms with Crippen LogP contribution in [0.5, 0.6) is 0 Å². The fourth-order valence-electron chi connectivity index (χ4n) is 6.71. The predicted molar refractivity (Wildman–Crippen MR) is 149 cm³/mol. The zero-order chi connectivity index (χ0) is 27.3. The fraction of sp³-hybridized carbons (Fsp3) is 0.290. The van der Waals surface area contributed by atoms with Gasteiger partial charge in [0.2, 0.25) is 11.8 Å². The summed E-state index contributed by atoms with van der Waals surface area (Å²) in [5.74, 6) is -1.26. The lowest BCUT2D eigenvalue weighted by molar-refractivity contribution is -0.123. The first-order valence-electron chi connectivity index (χ1n) is 13.1. The molecule has 0 unspecified atom stereocenters. The van der Waals surface area contributed by atoms with E-state index in [9.17, 15) is 19.2 Å². The van der Waals surface area contributed by atoms with E-state index in [4.69, 9.17) is 4.74 Å². The standard InChI is InChI=1S/C31H27BrN2O5/c1-17-13-21(32)9-12-25(17)33-26(35)16-39-31(38)19-7-10-22(11-8-19)34-29(36)27-20-14-23(18-5-3-2-4-6-18)24(15-20)28(27)30(34)37/h2-13,20,23-24,27-28H,14-16H2,1H3,(H,33,35)/t20-,23+,24+,27+,28-/m0/s1. The van der Waals surface area contributed by atoms with Gasteiger partial charge in [0.05, 0.1) is 23.1 Å². The number of ether oxygens (including phenoxy) is 1. The van der Waals surface area contributed by atoms with Gasteiger partial charge in [-0.25, -0.2) is 4.79 Å². The number of halogens is 1. The highest BCUT2D eigenvalue weighted by atomic mass is 79.9. The van der Waals surface area contributed by atoms with Gasteiger partial charge in [0.25, 0.3) is 5.91 Å². The van der Waals surface area contributed by atoms with Crippen LogP contribution in [-0.4, -0.2) is 30.3 Å². The third-order valence-electron chi connectivity index (χ3n) is 8.40. The molecular weight excluding hydrogens is 560 g/mol. The van der Waals surface area contributed by atoms with Gasteiger partial charge >= 0.3 is 5.97 Å². The molecule has 6 rings (SSSR count). The van der Waals surface area contributed by atoms with Gasteiger partial charge in [0.15, 0.2) is 6.61 Å². The van der Waals surface area contributed by atoms with Crippen molar-refractivity contribution >= 4 is 51.0 Å². The summed E-state index contributed by atoms with van der Waals surface area (Å²) >= 11 is 3.38. The lowest BCUT2D eigenvalue weighted by Crippen LogP contribution is -2.33. The highest BCUT2D eigenvalue weighted by Crippen LogP contribution is 2.61. The molecule has 0 radical (unpaired) electrons. The van der Waals surface area contributed by atoms with Gasteiger partial charge in [-0.1, -0.05) is 46.3 Å². The number of benzene rings is 3. The molecule has 2 saturated carbocycles. The molecule has 39 heavy (non-hydrogen) atoms. The SMILES string of the molecule is Cc1cc(Br)ccc1NC(=O)COC(=O)c1ccc(N2C(=O)[C@@H]3[C@@H]4C[C@@H]([C@@H]3C2=O)[C@@H](c2ccccc2)C4)cc1. The van der Waals surface area contributed by atoms with Crippen molar-refractivity contribution in [1.29, 1.82) is 0 Å². The minimum absolute atomic E-state index is 0.140. The molecule has 0 spiro atoms. The number of hydrogen-bond acceptors (Lipinski definition) is 5. The van der Waals surface area contributed by atoms with E-state index in [1.165, 1.54) is 22.6 Å². The van der Waals surface area contributed by atoms with Crippen LogP contribution in [0.2, 0.25) is 0 Å². The summed E-state index contributed by atoms with van der Waals surface area (Å²) in [6.45, 7) is 1.43. The molecule has 2 bridgehead atoms. The smallest absolute Gasteiger partial charge is 0.338 e. The van der Waals surface area contributed by atoms with Crippen molar-refractivity contribution in [2.24, 2.45) is 23.7 Å². The summed E-state index contributed by atoms with van der Waals surface area (Å²) in [5.41, 5.74) is 3.44. The number of nitrogens with zero attached hydrogens (tertiary/aromatic N) is 1. The van der Waals surface area contributed by atoms with Crippen LogP contribution in [0.25, 0.3) is 0 Å². The molecule has 8 heteroatoms. The summed E-state index contributed by atoms with van der Waals surface area (Å²) in [7, 11) is 0. The summed E-state index contributed by atoms with van der Waals surface area (Å²) in [4.78, 5) is 53.0. The maximum atomic E-state index is 13.5. The average Bonchev–Trinajstić information content (AvgIpc) is 3.61. The number of rotatable bonds is 6. The normalized spacial score (nSPS) is 25.1. The number of imide groups is 1. The number of aryl methyl sites for hydroxylation is 1. The third-order valence-corrected chi connectivity index (χ3v) is 8.89. The van der Waals surface area contributed by atoms with Crippen molar-refractivity contribution in [1.82, 2.24) is 0 Å². The maximum Gasteiger partial charge on any atom is 0.338 e. The third kappa shape index (κ3) is 4.56. The number of amides is 3. The Hall–Kier alpha value is -3.78. The second-order valence-electron chi connectivity index (χ2n) is 10.6. The molecular formula is C31H27BrN2O5. The van der Waals surface area contributed by atoms with E-state index in [1.54, 1.807) is 18.2 Å². The van der Waals surface area contributed by atoms with Crippen molar-refractivity contribution in [2.75, 3.05) is 16.8 Å². The van der Waals surface area contributed by atoms with Gasteiger partial charge in [-0.05, 0) is 91.1 Å². The number of esters is 1. The van der Waals surface area contributed by atoms with E-state index in [0.29, 0.717) is 17.3 Å². The maximum absolute atomic E-state index is 13.5. The summed E-state index contributed by atoms with van der Waals surface area (Å²) in [5, 5.41) is 2.73. The van der Waals surface area contributed by atoms with E-state index in [2.05, 4.69) is 33.4 Å². The van der Waals surface area contributed by atoms with E-state index in [-0.39, 0.29) is 41.0 Å². The largest absolute Gasteiger partial charge is 0.452 e. The van der Waals surface area contributed by atoms with E-state index in [1.807, 2.05) is 37.3 Å². The number of anilines is 2. The fourth-order valence-corrected chi connectivity index (χ4v) is 7.19. The van der Waals surface area contributed by atoms with Gasteiger partial charge in [0.1, 0.15) is 0 Å². The van der Waals surface area contributed by atoms with E-state index in [0.717, 1.165) is 22.9 Å². The van der Waals surface area contributed by atoms with Gasteiger partial charge in [-0.3, -0.25) is 19.3 Å². The Morgan fingerprint density at radius 1 is 0.949 bits per heavy atom. The van der Waals surface area contributed by atoms with Crippen LogP contribution < -0.4 is 10.2 Å². The molecule has 1 N–H and O–H groups in total. The van der Waals surface area contributed by atoms with Crippen LogP contribution in [0, 0.1) is 30.6 Å². The van der Waals surface area contributed by atoms with Gasteiger partial charge in [-0.15, -0.1) is 0 Å². The van der Waals surface area contributed by atoms with Gasteiger partial charge in [0, 0.05) is 10.2 Å². The van der Waals surface area contributed by atoms with Crippen LogP contribution in [0.1, 0.15) is 40.2 Å². The lowest BCUT2D eigenvalue weighted by Gasteiger charge is -2.28. The lowest BCUT2D eigenvalue weighted by atomic mass is 9.73. The number of nitrogens with one attached hydrogen (secondary N) is 1. The van der Waals surface area contributed by atoms with E-state index < -0.39 is 18.5 Å². The van der Waals surface area contributed by atoms with Crippen LogP contribution in [0.3, 0.4) is 0 Å².